The van der Waals surface area contributed by atoms with Gasteiger partial charge in [-0.05, 0) is 24.5 Å². The number of hydrogen-bond donors (Lipinski definition) is 2. The molecule has 112 valence electrons. The summed E-state index contributed by atoms with van der Waals surface area (Å²) in [6, 6.07) is 8.79. The minimum atomic E-state index is -0.0622. The molecule has 1 aromatic carbocycles. The van der Waals surface area contributed by atoms with Crippen LogP contribution in [0.5, 0.6) is 0 Å². The second-order valence-electron chi connectivity index (χ2n) is 5.06. The molecule has 0 spiro atoms. The molecule has 0 aliphatic heterocycles. The summed E-state index contributed by atoms with van der Waals surface area (Å²) in [5.74, 6) is -0.0622. The molecule has 2 rings (SSSR count). The monoisotopic (exact) mass is 286 g/mol. The first-order valence-electron chi connectivity index (χ1n) is 7.20. The smallest absolute Gasteiger partial charge is 0.241 e. The van der Waals surface area contributed by atoms with Crippen LogP contribution in [0.25, 0.3) is 0 Å². The molecule has 2 N–H and O–H groups in total. The molecule has 0 saturated carbocycles. The van der Waals surface area contributed by atoms with Crippen molar-refractivity contribution in [2.45, 2.75) is 32.9 Å². The highest BCUT2D eigenvalue weighted by Crippen LogP contribution is 2.19. The summed E-state index contributed by atoms with van der Waals surface area (Å²) in [6.45, 7) is 4.49. The molecule has 0 radical (unpaired) electrons. The highest BCUT2D eigenvalue weighted by molar-refractivity contribution is 5.75. The van der Waals surface area contributed by atoms with Gasteiger partial charge >= 0.3 is 0 Å². The minimum absolute atomic E-state index is 0.0622. The van der Waals surface area contributed by atoms with Gasteiger partial charge in [0.1, 0.15) is 6.54 Å². The number of carbonyl (C=O) groups is 1. The van der Waals surface area contributed by atoms with Crippen molar-refractivity contribution in [3.8, 4) is 0 Å². The molecular weight excluding hydrogens is 264 g/mol. The Bertz CT molecular complexity index is 589. The van der Waals surface area contributed by atoms with Crippen molar-refractivity contribution in [3.63, 3.8) is 0 Å². The van der Waals surface area contributed by atoms with E-state index < -0.39 is 0 Å². The number of aryl methyl sites for hydroxylation is 1. The molecule has 1 atom stereocenters. The van der Waals surface area contributed by atoms with Crippen LogP contribution in [0.1, 0.15) is 31.0 Å². The van der Waals surface area contributed by atoms with E-state index in [-0.39, 0.29) is 18.5 Å². The maximum atomic E-state index is 11.3. The molecule has 5 heteroatoms. The van der Waals surface area contributed by atoms with Crippen LogP contribution in [0.3, 0.4) is 0 Å². The second kappa shape index (κ2) is 6.92. The van der Waals surface area contributed by atoms with Crippen LogP contribution >= 0.6 is 0 Å². The van der Waals surface area contributed by atoms with E-state index in [1.165, 1.54) is 11.1 Å². The van der Waals surface area contributed by atoms with Gasteiger partial charge in [0.2, 0.25) is 5.91 Å². The fraction of sp³-hybridized carbons (Fsp3) is 0.375. The average molecular weight is 286 g/mol. The van der Waals surface area contributed by atoms with Crippen LogP contribution in [0, 0.1) is 0 Å². The zero-order valence-electron chi connectivity index (χ0n) is 12.8. The third kappa shape index (κ3) is 4.08. The zero-order chi connectivity index (χ0) is 15.2. The maximum absolute atomic E-state index is 11.3. The predicted molar refractivity (Wildman–Crippen MR) is 84.2 cm³/mol. The second-order valence-corrected chi connectivity index (χ2v) is 5.06. The van der Waals surface area contributed by atoms with Gasteiger partial charge in [0.05, 0.1) is 11.9 Å². The summed E-state index contributed by atoms with van der Waals surface area (Å²) in [5.41, 5.74) is 3.47. The molecule has 1 heterocycles. The fourth-order valence-electron chi connectivity index (χ4n) is 2.13. The van der Waals surface area contributed by atoms with E-state index >= 15 is 0 Å². The van der Waals surface area contributed by atoms with Gasteiger partial charge in [-0.15, -0.1) is 0 Å². The Hall–Kier alpha value is -2.30. The van der Waals surface area contributed by atoms with E-state index in [9.17, 15) is 4.79 Å². The van der Waals surface area contributed by atoms with E-state index in [0.717, 1.165) is 12.1 Å². The molecule has 1 amide bonds. The Morgan fingerprint density at radius 1 is 1.33 bits per heavy atom. The van der Waals surface area contributed by atoms with Gasteiger partial charge in [-0.25, -0.2) is 0 Å². The van der Waals surface area contributed by atoms with Crippen LogP contribution < -0.4 is 10.6 Å². The predicted octanol–water partition coefficient (Wildman–Crippen LogP) is 2.36. The number of amides is 1. The summed E-state index contributed by atoms with van der Waals surface area (Å²) in [5, 5.41) is 10.1. The number of hydrogen-bond acceptors (Lipinski definition) is 3. The lowest BCUT2D eigenvalue weighted by molar-refractivity contribution is -0.121. The van der Waals surface area contributed by atoms with Crippen molar-refractivity contribution >= 4 is 11.6 Å². The molecule has 0 fully saturated rings. The molecule has 21 heavy (non-hydrogen) atoms. The largest absolute Gasteiger partial charge is 0.376 e. The van der Waals surface area contributed by atoms with Crippen LogP contribution in [0.2, 0.25) is 0 Å². The van der Waals surface area contributed by atoms with E-state index in [1.807, 2.05) is 6.20 Å². The number of aromatic nitrogens is 2. The first-order chi connectivity index (χ1) is 10.1. The third-order valence-corrected chi connectivity index (χ3v) is 3.49. The summed E-state index contributed by atoms with van der Waals surface area (Å²) in [7, 11) is 1.62. The van der Waals surface area contributed by atoms with Gasteiger partial charge in [0.25, 0.3) is 0 Å². The fourth-order valence-corrected chi connectivity index (χ4v) is 2.13. The molecule has 5 nitrogen and oxygen atoms in total. The minimum Gasteiger partial charge on any atom is -0.376 e. The van der Waals surface area contributed by atoms with E-state index in [2.05, 4.69) is 53.8 Å². The number of nitrogens with one attached hydrogen (secondary N) is 2. The number of benzene rings is 1. The normalized spacial score (nSPS) is 12.0. The molecule has 2 aromatic rings. The van der Waals surface area contributed by atoms with Crippen molar-refractivity contribution in [3.05, 3.63) is 47.8 Å². The highest BCUT2D eigenvalue weighted by Gasteiger charge is 2.08. The van der Waals surface area contributed by atoms with Crippen molar-refractivity contribution in [2.75, 3.05) is 12.4 Å². The Kier molecular flexibility index (Phi) is 4.98. The lowest BCUT2D eigenvalue weighted by Gasteiger charge is -2.14. The SMILES string of the molecule is CCc1ccc(C(C)Nc2cnn(CC(=O)NC)c2)cc1. The van der Waals surface area contributed by atoms with Gasteiger partial charge in [0, 0.05) is 19.3 Å². The van der Waals surface area contributed by atoms with Crippen molar-refractivity contribution < 1.29 is 4.79 Å². The maximum Gasteiger partial charge on any atom is 0.241 e. The standard InChI is InChI=1S/C16H22N4O/c1-4-13-5-7-14(8-6-13)12(2)19-15-9-18-20(10-15)11-16(21)17-3/h5-10,12,19H,4,11H2,1-3H3,(H,17,21). The van der Waals surface area contributed by atoms with Crippen molar-refractivity contribution in [1.82, 2.24) is 15.1 Å². The first-order valence-corrected chi connectivity index (χ1v) is 7.20. The Morgan fingerprint density at radius 3 is 2.67 bits per heavy atom. The number of carbonyl (C=O) groups excluding carboxylic acids is 1. The van der Waals surface area contributed by atoms with Crippen LogP contribution in [0.4, 0.5) is 5.69 Å². The van der Waals surface area contributed by atoms with E-state index in [1.54, 1.807) is 17.9 Å². The quantitative estimate of drug-likeness (QED) is 0.857. The molecular formula is C16H22N4O. The number of likely N-dealkylation sites (N-methyl/N-ethyl adjacent to an activating group) is 1. The topological polar surface area (TPSA) is 59.0 Å². The average Bonchev–Trinajstić information content (AvgIpc) is 2.94. The van der Waals surface area contributed by atoms with Crippen LogP contribution in [-0.4, -0.2) is 22.7 Å². The Morgan fingerprint density at radius 2 is 2.05 bits per heavy atom. The van der Waals surface area contributed by atoms with Crippen molar-refractivity contribution in [1.29, 1.82) is 0 Å². The van der Waals surface area contributed by atoms with Gasteiger partial charge in [0.15, 0.2) is 0 Å². The number of anilines is 1. The van der Waals surface area contributed by atoms with Gasteiger partial charge in [-0.2, -0.15) is 5.10 Å². The van der Waals surface area contributed by atoms with Gasteiger partial charge < -0.3 is 10.6 Å². The summed E-state index contributed by atoms with van der Waals surface area (Å²) >= 11 is 0. The molecule has 0 aliphatic rings. The highest BCUT2D eigenvalue weighted by atomic mass is 16.1. The summed E-state index contributed by atoms with van der Waals surface area (Å²) in [6.07, 6.45) is 4.63. The molecule has 1 aromatic heterocycles. The Labute approximate surface area is 125 Å². The first kappa shape index (κ1) is 15.1. The Balaban J connectivity index is 1.98. The molecule has 1 unspecified atom stereocenters. The summed E-state index contributed by atoms with van der Waals surface area (Å²) < 4.78 is 1.62. The lowest BCUT2D eigenvalue weighted by atomic mass is 10.1. The molecule has 0 aliphatic carbocycles. The molecule has 0 saturated heterocycles. The number of nitrogens with zero attached hydrogens (tertiary/aromatic N) is 2. The van der Waals surface area contributed by atoms with Gasteiger partial charge in [-0.1, -0.05) is 31.2 Å². The molecule has 0 bridgehead atoms. The van der Waals surface area contributed by atoms with Crippen LogP contribution in [0.15, 0.2) is 36.7 Å². The number of rotatable bonds is 6. The summed E-state index contributed by atoms with van der Waals surface area (Å²) in [4.78, 5) is 11.3. The third-order valence-electron chi connectivity index (χ3n) is 3.49. The van der Waals surface area contributed by atoms with Crippen LogP contribution in [-0.2, 0) is 17.8 Å². The lowest BCUT2D eigenvalue weighted by Crippen LogP contribution is -2.23. The van der Waals surface area contributed by atoms with Gasteiger partial charge in [-0.3, -0.25) is 9.48 Å². The van der Waals surface area contributed by atoms with E-state index in [4.69, 9.17) is 0 Å². The van der Waals surface area contributed by atoms with Crippen molar-refractivity contribution in [2.24, 2.45) is 0 Å². The van der Waals surface area contributed by atoms with E-state index in [0.29, 0.717) is 0 Å². The zero-order valence-corrected chi connectivity index (χ0v) is 12.8.